The summed E-state index contributed by atoms with van der Waals surface area (Å²) in [5.41, 5.74) is 5.41. The van der Waals surface area contributed by atoms with Crippen LogP contribution in [0.2, 0.25) is 5.02 Å². The maximum absolute atomic E-state index is 12.1. The van der Waals surface area contributed by atoms with E-state index < -0.39 is 21.8 Å². The second-order valence-corrected chi connectivity index (χ2v) is 8.21. The molecule has 2 aromatic carbocycles. The molecule has 9 heteroatoms. The summed E-state index contributed by atoms with van der Waals surface area (Å²) in [6, 6.07) is 12.3. The van der Waals surface area contributed by atoms with Crippen LogP contribution < -0.4 is 10.9 Å². The van der Waals surface area contributed by atoms with Gasteiger partial charge < -0.3 is 0 Å². The van der Waals surface area contributed by atoms with Crippen LogP contribution in [0.5, 0.6) is 0 Å². The van der Waals surface area contributed by atoms with Gasteiger partial charge in [-0.1, -0.05) is 29.8 Å². The van der Waals surface area contributed by atoms with Gasteiger partial charge in [-0.2, -0.15) is 0 Å². The Morgan fingerprint density at radius 3 is 2.31 bits per heavy atom. The smallest absolute Gasteiger partial charge is 0.269 e. The molecule has 0 aromatic heterocycles. The minimum absolute atomic E-state index is 0.0114. The summed E-state index contributed by atoms with van der Waals surface area (Å²) in [6.45, 7) is 0. The maximum atomic E-state index is 12.1. The highest BCUT2D eigenvalue weighted by atomic mass is 35.5. The summed E-state index contributed by atoms with van der Waals surface area (Å²) in [5, 5.41) is 0.565. The van der Waals surface area contributed by atoms with Gasteiger partial charge in [-0.15, -0.1) is 0 Å². The molecule has 0 bridgehead atoms. The molecule has 0 spiro atoms. The van der Waals surface area contributed by atoms with Crippen molar-refractivity contribution < 1.29 is 18.0 Å². The molecule has 0 saturated heterocycles. The first-order valence-corrected chi connectivity index (χ1v) is 9.38. The first-order valence-electron chi connectivity index (χ1n) is 7.56. The minimum atomic E-state index is -3.65. The molecule has 0 unspecified atom stereocenters. The lowest BCUT2D eigenvalue weighted by Gasteiger charge is -2.12. The van der Waals surface area contributed by atoms with Crippen molar-refractivity contribution in [1.29, 1.82) is 0 Å². The molecule has 0 radical (unpaired) electrons. The van der Waals surface area contributed by atoms with Crippen molar-refractivity contribution in [3.05, 3.63) is 64.7 Å². The fourth-order valence-electron chi connectivity index (χ4n) is 2.04. The number of hydrogen-bond donors (Lipinski definition) is 2. The van der Waals surface area contributed by atoms with Gasteiger partial charge in [0.15, 0.2) is 0 Å². The SMILES string of the molecule is CN(C)S(=O)(=O)c1cccc(C(=O)NNC(=O)Cc2ccc(Cl)cc2)c1. The maximum Gasteiger partial charge on any atom is 0.269 e. The van der Waals surface area contributed by atoms with Crippen LogP contribution in [-0.4, -0.2) is 38.6 Å². The van der Waals surface area contributed by atoms with Crippen LogP contribution in [0, 0.1) is 0 Å². The average molecular weight is 396 g/mol. The van der Waals surface area contributed by atoms with Crippen molar-refractivity contribution in [2.45, 2.75) is 11.3 Å². The Hall–Kier alpha value is -2.42. The summed E-state index contributed by atoms with van der Waals surface area (Å²) in [6.07, 6.45) is 0.0620. The number of hydrogen-bond acceptors (Lipinski definition) is 4. The third-order valence-corrected chi connectivity index (χ3v) is 5.53. The molecular formula is C17H18ClN3O4S. The first-order chi connectivity index (χ1) is 12.2. The fourth-order valence-corrected chi connectivity index (χ4v) is 3.11. The molecule has 7 nitrogen and oxygen atoms in total. The van der Waals surface area contributed by atoms with E-state index in [1.54, 1.807) is 24.3 Å². The molecule has 138 valence electrons. The van der Waals surface area contributed by atoms with Gasteiger partial charge in [0.1, 0.15) is 0 Å². The largest absolute Gasteiger partial charge is 0.273 e. The fraction of sp³-hybridized carbons (Fsp3) is 0.176. The molecule has 0 saturated carbocycles. The lowest BCUT2D eigenvalue weighted by Crippen LogP contribution is -2.42. The molecule has 0 aliphatic rings. The molecule has 0 heterocycles. The van der Waals surface area contributed by atoms with Crippen molar-refractivity contribution in [3.8, 4) is 0 Å². The zero-order valence-electron chi connectivity index (χ0n) is 14.2. The van der Waals surface area contributed by atoms with Crippen molar-refractivity contribution >= 4 is 33.4 Å². The van der Waals surface area contributed by atoms with E-state index in [4.69, 9.17) is 11.6 Å². The van der Waals surface area contributed by atoms with Crippen LogP contribution in [0.15, 0.2) is 53.4 Å². The monoisotopic (exact) mass is 395 g/mol. The third kappa shape index (κ3) is 5.04. The second-order valence-electron chi connectivity index (χ2n) is 5.62. The van der Waals surface area contributed by atoms with Gasteiger partial charge >= 0.3 is 0 Å². The molecule has 2 aromatic rings. The van der Waals surface area contributed by atoms with E-state index in [2.05, 4.69) is 10.9 Å². The quantitative estimate of drug-likeness (QED) is 0.751. The lowest BCUT2D eigenvalue weighted by molar-refractivity contribution is -0.121. The van der Waals surface area contributed by atoms with Crippen LogP contribution in [0.1, 0.15) is 15.9 Å². The molecular weight excluding hydrogens is 378 g/mol. The molecule has 0 aliphatic heterocycles. The van der Waals surface area contributed by atoms with E-state index in [1.807, 2.05) is 0 Å². The Labute approximate surface area is 157 Å². The van der Waals surface area contributed by atoms with Gasteiger partial charge in [-0.05, 0) is 35.9 Å². The Morgan fingerprint density at radius 1 is 1.04 bits per heavy atom. The molecule has 2 rings (SSSR count). The van der Waals surface area contributed by atoms with E-state index in [-0.39, 0.29) is 16.9 Å². The Bertz CT molecular complexity index is 912. The number of rotatable bonds is 5. The molecule has 0 aliphatic carbocycles. The number of carbonyl (C=O) groups excluding carboxylic acids is 2. The van der Waals surface area contributed by atoms with E-state index >= 15 is 0 Å². The summed E-state index contributed by atoms with van der Waals surface area (Å²) in [5.74, 6) is -1.04. The summed E-state index contributed by atoms with van der Waals surface area (Å²) >= 11 is 5.78. The zero-order chi connectivity index (χ0) is 19.3. The molecule has 26 heavy (non-hydrogen) atoms. The summed E-state index contributed by atoms with van der Waals surface area (Å²) in [4.78, 5) is 24.0. The second kappa shape index (κ2) is 8.31. The molecule has 2 N–H and O–H groups in total. The predicted molar refractivity (Wildman–Crippen MR) is 98.1 cm³/mol. The molecule has 2 amide bonds. The number of nitrogens with one attached hydrogen (secondary N) is 2. The van der Waals surface area contributed by atoms with E-state index in [0.29, 0.717) is 5.02 Å². The Morgan fingerprint density at radius 2 is 1.69 bits per heavy atom. The summed E-state index contributed by atoms with van der Waals surface area (Å²) < 4.78 is 25.3. The van der Waals surface area contributed by atoms with Crippen molar-refractivity contribution in [1.82, 2.24) is 15.2 Å². The van der Waals surface area contributed by atoms with Crippen molar-refractivity contribution in [3.63, 3.8) is 0 Å². The number of hydrazine groups is 1. The Kier molecular flexibility index (Phi) is 6.36. The van der Waals surface area contributed by atoms with E-state index in [0.717, 1.165) is 9.87 Å². The van der Waals surface area contributed by atoms with Crippen LogP contribution in [0.3, 0.4) is 0 Å². The van der Waals surface area contributed by atoms with Gasteiger partial charge in [0.05, 0.1) is 11.3 Å². The normalized spacial score (nSPS) is 11.2. The number of carbonyl (C=O) groups is 2. The molecule has 0 atom stereocenters. The predicted octanol–water partition coefficient (Wildman–Crippen LogP) is 1.59. The lowest BCUT2D eigenvalue weighted by atomic mass is 10.1. The highest BCUT2D eigenvalue weighted by molar-refractivity contribution is 7.89. The number of nitrogens with zero attached hydrogens (tertiary/aromatic N) is 1. The van der Waals surface area contributed by atoms with Crippen LogP contribution >= 0.6 is 11.6 Å². The van der Waals surface area contributed by atoms with Gasteiger partial charge in [-0.25, -0.2) is 12.7 Å². The number of halogens is 1. The van der Waals surface area contributed by atoms with Crippen molar-refractivity contribution in [2.24, 2.45) is 0 Å². The number of amides is 2. The van der Waals surface area contributed by atoms with E-state index in [9.17, 15) is 18.0 Å². The van der Waals surface area contributed by atoms with E-state index in [1.165, 1.54) is 38.4 Å². The number of benzene rings is 2. The minimum Gasteiger partial charge on any atom is -0.273 e. The van der Waals surface area contributed by atoms with Crippen LogP contribution in [0.25, 0.3) is 0 Å². The van der Waals surface area contributed by atoms with Gasteiger partial charge in [-0.3, -0.25) is 20.4 Å². The van der Waals surface area contributed by atoms with Crippen LogP contribution in [0.4, 0.5) is 0 Å². The highest BCUT2D eigenvalue weighted by Gasteiger charge is 2.18. The third-order valence-electron chi connectivity index (χ3n) is 3.47. The number of sulfonamides is 1. The topological polar surface area (TPSA) is 95.6 Å². The highest BCUT2D eigenvalue weighted by Crippen LogP contribution is 2.14. The zero-order valence-corrected chi connectivity index (χ0v) is 15.8. The van der Waals surface area contributed by atoms with Crippen LogP contribution in [-0.2, 0) is 21.2 Å². The molecule has 0 fully saturated rings. The summed E-state index contributed by atoms with van der Waals surface area (Å²) in [7, 11) is -0.850. The Balaban J connectivity index is 1.99. The van der Waals surface area contributed by atoms with Crippen molar-refractivity contribution in [2.75, 3.05) is 14.1 Å². The standard InChI is InChI=1S/C17H18ClN3O4S/c1-21(2)26(24,25)15-5-3-4-13(11-15)17(23)20-19-16(22)10-12-6-8-14(18)9-7-12/h3-9,11H,10H2,1-2H3,(H,19,22)(H,20,23). The van der Waals surface area contributed by atoms with Gasteiger partial charge in [0.2, 0.25) is 15.9 Å². The average Bonchev–Trinajstić information content (AvgIpc) is 2.61. The van der Waals surface area contributed by atoms with Gasteiger partial charge in [0, 0.05) is 24.7 Å². The first kappa shape index (κ1) is 19.9. The van der Waals surface area contributed by atoms with Gasteiger partial charge in [0.25, 0.3) is 5.91 Å².